The van der Waals surface area contributed by atoms with Gasteiger partial charge in [0.25, 0.3) is 0 Å². The quantitative estimate of drug-likeness (QED) is 0.635. The Morgan fingerprint density at radius 3 is 1.94 bits per heavy atom. The molecule has 0 fully saturated rings. The van der Waals surface area contributed by atoms with E-state index >= 15 is 0 Å². The fraction of sp³-hybridized carbons (Fsp3) is 0.571. The van der Waals surface area contributed by atoms with Gasteiger partial charge in [-0.05, 0) is 31.4 Å². The van der Waals surface area contributed by atoms with Crippen LogP contribution in [-0.4, -0.2) is 12.2 Å². The Kier molecular flexibility index (Phi) is 4.01. The fourth-order valence-electron chi connectivity index (χ4n) is 1.80. The van der Waals surface area contributed by atoms with Gasteiger partial charge in [0, 0.05) is 14.5 Å². The molecular weight excluding hydrogens is 327 g/mol. The molecule has 0 amide bonds. The second-order valence-electron chi connectivity index (χ2n) is 5.79. The number of hydrogen-bond donors (Lipinski definition) is 1. The molecule has 0 heterocycles. The van der Waals surface area contributed by atoms with E-state index in [-0.39, 0.29) is 8.84 Å². The van der Waals surface area contributed by atoms with Gasteiger partial charge >= 0.3 is 0 Å². The summed E-state index contributed by atoms with van der Waals surface area (Å²) in [6, 6.07) is 3.77. The van der Waals surface area contributed by atoms with Gasteiger partial charge in [0.1, 0.15) is 11.5 Å². The minimum absolute atomic E-state index is 0.0449. The summed E-state index contributed by atoms with van der Waals surface area (Å²) in [7, 11) is 1.67. The average Bonchev–Trinajstić information content (AvgIpc) is 2.14. The molecule has 1 rings (SSSR count). The average molecular weight is 348 g/mol. The molecule has 0 saturated carbocycles. The molecule has 0 spiro atoms. The Hall–Kier alpha value is -0.450. The van der Waals surface area contributed by atoms with Crippen molar-refractivity contribution in [2.24, 2.45) is 0 Å². The highest BCUT2D eigenvalue weighted by Gasteiger charge is 2.26. The molecule has 0 aliphatic carbocycles. The van der Waals surface area contributed by atoms with E-state index in [4.69, 9.17) is 4.74 Å². The van der Waals surface area contributed by atoms with E-state index in [1.165, 1.54) is 0 Å². The highest BCUT2D eigenvalue weighted by atomic mass is 127. The topological polar surface area (TPSA) is 29.5 Å². The van der Waals surface area contributed by atoms with E-state index in [9.17, 15) is 5.11 Å². The number of hydrogen-bond acceptors (Lipinski definition) is 2. The molecule has 96 valence electrons. The van der Waals surface area contributed by atoms with E-state index in [1.807, 2.05) is 12.1 Å². The SMILES string of the molecule is COc1cc(C(C)(C)I)c(O)cc1C(C)(C)C. The van der Waals surface area contributed by atoms with Crippen LogP contribution in [0.5, 0.6) is 11.5 Å². The monoisotopic (exact) mass is 348 g/mol. The second-order valence-corrected chi connectivity index (χ2v) is 8.49. The Balaban J connectivity index is 3.46. The lowest BCUT2D eigenvalue weighted by Crippen LogP contribution is -2.15. The van der Waals surface area contributed by atoms with Crippen molar-refractivity contribution < 1.29 is 9.84 Å². The molecule has 1 aromatic carbocycles. The molecule has 0 unspecified atom stereocenters. The van der Waals surface area contributed by atoms with Crippen LogP contribution in [0, 0.1) is 0 Å². The maximum atomic E-state index is 10.1. The first-order valence-corrected chi connectivity index (χ1v) is 6.76. The van der Waals surface area contributed by atoms with Crippen molar-refractivity contribution in [3.8, 4) is 11.5 Å². The minimum Gasteiger partial charge on any atom is -0.508 e. The van der Waals surface area contributed by atoms with Crippen molar-refractivity contribution in [3.63, 3.8) is 0 Å². The second kappa shape index (κ2) is 4.67. The number of ether oxygens (including phenoxy) is 1. The third-order valence-corrected chi connectivity index (χ3v) is 3.35. The van der Waals surface area contributed by atoms with Crippen molar-refractivity contribution in [1.29, 1.82) is 0 Å². The summed E-state index contributed by atoms with van der Waals surface area (Å²) in [6.45, 7) is 10.5. The summed E-state index contributed by atoms with van der Waals surface area (Å²) in [5, 5.41) is 10.1. The van der Waals surface area contributed by atoms with Gasteiger partial charge in [0.05, 0.1) is 7.11 Å². The first-order valence-electron chi connectivity index (χ1n) is 5.68. The molecule has 3 heteroatoms. The van der Waals surface area contributed by atoms with Gasteiger partial charge in [0.15, 0.2) is 0 Å². The largest absolute Gasteiger partial charge is 0.508 e. The van der Waals surface area contributed by atoms with E-state index in [1.54, 1.807) is 7.11 Å². The molecule has 0 aliphatic rings. The third kappa shape index (κ3) is 3.27. The van der Waals surface area contributed by atoms with Gasteiger partial charge in [-0.1, -0.05) is 43.4 Å². The molecule has 1 N–H and O–H groups in total. The van der Waals surface area contributed by atoms with Gasteiger partial charge in [-0.25, -0.2) is 0 Å². The summed E-state index contributed by atoms with van der Waals surface area (Å²) >= 11 is 2.32. The van der Waals surface area contributed by atoms with Crippen molar-refractivity contribution in [3.05, 3.63) is 23.3 Å². The maximum absolute atomic E-state index is 10.1. The molecule has 0 radical (unpaired) electrons. The van der Waals surface area contributed by atoms with Crippen LogP contribution < -0.4 is 4.74 Å². The van der Waals surface area contributed by atoms with E-state index in [0.717, 1.165) is 16.9 Å². The molecule has 17 heavy (non-hydrogen) atoms. The zero-order chi connectivity index (χ0) is 13.4. The molecule has 0 bridgehead atoms. The molecule has 0 saturated heterocycles. The van der Waals surface area contributed by atoms with Crippen LogP contribution in [0.4, 0.5) is 0 Å². The van der Waals surface area contributed by atoms with Crippen LogP contribution in [0.15, 0.2) is 12.1 Å². The van der Waals surface area contributed by atoms with Crippen molar-refractivity contribution in [1.82, 2.24) is 0 Å². The number of phenolic OH excluding ortho intramolecular Hbond substituents is 1. The summed E-state index contributed by atoms with van der Waals surface area (Å²) in [6.07, 6.45) is 0. The fourth-order valence-corrected chi connectivity index (χ4v) is 2.23. The lowest BCUT2D eigenvalue weighted by molar-refractivity contribution is 0.391. The number of rotatable bonds is 2. The predicted octanol–water partition coefficient (Wildman–Crippen LogP) is 4.37. The first-order chi connectivity index (χ1) is 7.57. The Morgan fingerprint density at radius 1 is 1.06 bits per heavy atom. The van der Waals surface area contributed by atoms with E-state index in [0.29, 0.717) is 5.75 Å². The van der Waals surface area contributed by atoms with Gasteiger partial charge in [-0.2, -0.15) is 0 Å². The standard InChI is InChI=1S/C14H21IO2/c1-13(2,3)10-7-11(16)9(14(4,5)15)8-12(10)17-6/h7-8,16H,1-6H3. The third-order valence-electron chi connectivity index (χ3n) is 2.77. The zero-order valence-electron chi connectivity index (χ0n) is 11.4. The highest BCUT2D eigenvalue weighted by molar-refractivity contribution is 14.1. The van der Waals surface area contributed by atoms with Gasteiger partial charge in [-0.15, -0.1) is 0 Å². The Labute approximate surface area is 118 Å². The number of aromatic hydroxyl groups is 1. The summed E-state index contributed by atoms with van der Waals surface area (Å²) in [5.74, 6) is 1.19. The summed E-state index contributed by atoms with van der Waals surface area (Å²) in [5.41, 5.74) is 1.89. The molecule has 0 aliphatic heterocycles. The number of phenols is 1. The molecule has 1 aromatic rings. The molecule has 0 atom stereocenters. The predicted molar refractivity (Wildman–Crippen MR) is 80.4 cm³/mol. The number of alkyl halides is 1. The smallest absolute Gasteiger partial charge is 0.123 e. The lowest BCUT2D eigenvalue weighted by atomic mass is 9.84. The number of halogens is 1. The summed E-state index contributed by atoms with van der Waals surface area (Å²) in [4.78, 5) is 0. The number of methoxy groups -OCH3 is 1. The highest BCUT2D eigenvalue weighted by Crippen LogP contribution is 2.43. The van der Waals surface area contributed by atoms with Crippen LogP contribution >= 0.6 is 22.6 Å². The first kappa shape index (κ1) is 14.6. The molecule has 2 nitrogen and oxygen atoms in total. The molecular formula is C14H21IO2. The summed E-state index contributed by atoms with van der Waals surface area (Å²) < 4.78 is 5.33. The van der Waals surface area contributed by atoms with Crippen LogP contribution in [0.1, 0.15) is 45.7 Å². The van der Waals surface area contributed by atoms with Crippen LogP contribution in [0.25, 0.3) is 0 Å². The zero-order valence-corrected chi connectivity index (χ0v) is 13.5. The van der Waals surface area contributed by atoms with Gasteiger partial charge < -0.3 is 9.84 Å². The Bertz CT molecular complexity index is 411. The van der Waals surface area contributed by atoms with E-state index in [2.05, 4.69) is 57.2 Å². The van der Waals surface area contributed by atoms with Crippen molar-refractivity contribution in [2.45, 2.75) is 43.5 Å². The lowest BCUT2D eigenvalue weighted by Gasteiger charge is -2.26. The van der Waals surface area contributed by atoms with Gasteiger partial charge in [-0.3, -0.25) is 0 Å². The van der Waals surface area contributed by atoms with Crippen molar-refractivity contribution in [2.75, 3.05) is 7.11 Å². The maximum Gasteiger partial charge on any atom is 0.123 e. The molecule has 0 aromatic heterocycles. The van der Waals surface area contributed by atoms with Gasteiger partial charge in [0.2, 0.25) is 0 Å². The minimum atomic E-state index is -0.120. The van der Waals surface area contributed by atoms with E-state index < -0.39 is 0 Å². The number of benzene rings is 1. The van der Waals surface area contributed by atoms with Crippen LogP contribution in [-0.2, 0) is 8.84 Å². The van der Waals surface area contributed by atoms with Crippen molar-refractivity contribution >= 4 is 22.6 Å². The Morgan fingerprint density at radius 2 is 1.59 bits per heavy atom. The normalized spacial score (nSPS) is 12.6. The van der Waals surface area contributed by atoms with Crippen LogP contribution in [0.3, 0.4) is 0 Å². The van der Waals surface area contributed by atoms with Crippen LogP contribution in [0.2, 0.25) is 0 Å².